The number of benzene rings is 2. The Morgan fingerprint density at radius 2 is 0.812 bits per heavy atom. The number of hydrogen-bond donors (Lipinski definition) is 3. The quantitative estimate of drug-likeness (QED) is 0.650. The van der Waals surface area contributed by atoms with Crippen molar-refractivity contribution in [3.05, 3.63) is 53.0 Å². The molecule has 0 radical (unpaired) electrons. The van der Waals surface area contributed by atoms with Crippen molar-refractivity contribution < 1.29 is 15.3 Å². The maximum absolute atomic E-state index is 8.74. The molecule has 84 valence electrons. The van der Waals surface area contributed by atoms with E-state index in [1.54, 1.807) is 24.3 Å². The Morgan fingerprint density at radius 1 is 0.562 bits per heavy atom. The van der Waals surface area contributed by atoms with E-state index in [9.17, 15) is 0 Å². The van der Waals surface area contributed by atoms with Crippen molar-refractivity contribution in [2.45, 2.75) is 0 Å². The molecule has 0 aromatic heterocycles. The lowest BCUT2D eigenvalue weighted by Gasteiger charge is -1.88. The molecule has 2 rings (SSSR count). The molecule has 0 unspecified atom stereocenters. The molecule has 0 saturated carbocycles. The number of phenols is 3. The van der Waals surface area contributed by atoms with Gasteiger partial charge >= 0.3 is 0 Å². The van der Waals surface area contributed by atoms with Gasteiger partial charge in [-0.3, -0.25) is 0 Å². The summed E-state index contributed by atoms with van der Waals surface area (Å²) in [5.74, 6) is 0.638. The maximum Gasteiger partial charge on any atom is 0.115 e. The minimum Gasteiger partial charge on any atom is -0.508 e. The molecule has 0 heterocycles. The summed E-state index contributed by atoms with van der Waals surface area (Å²) in [5.41, 5.74) is 0. The van der Waals surface area contributed by atoms with E-state index in [-0.39, 0.29) is 11.5 Å². The van der Waals surface area contributed by atoms with Crippen LogP contribution in [0.5, 0.6) is 17.2 Å². The van der Waals surface area contributed by atoms with E-state index < -0.39 is 0 Å². The molecule has 0 spiro atoms. The van der Waals surface area contributed by atoms with Crippen LogP contribution in [0.25, 0.3) is 0 Å². The molecule has 16 heavy (non-hydrogen) atoms. The molecule has 3 N–H and O–H groups in total. The van der Waals surface area contributed by atoms with Crippen LogP contribution in [0.3, 0.4) is 0 Å². The first kappa shape index (κ1) is 12.4. The highest BCUT2D eigenvalue weighted by Gasteiger charge is 1.84. The van der Waals surface area contributed by atoms with Gasteiger partial charge in [0.25, 0.3) is 0 Å². The average molecular weight is 283 g/mol. The van der Waals surface area contributed by atoms with Gasteiger partial charge in [0.2, 0.25) is 0 Å². The minimum atomic E-state index is 0.169. The summed E-state index contributed by atoms with van der Waals surface area (Å²) in [4.78, 5) is 0. The molecular weight excluding hydrogens is 272 g/mol. The lowest BCUT2D eigenvalue weighted by molar-refractivity contribution is 0.460. The normalized spacial score (nSPS) is 9.06. The summed E-state index contributed by atoms with van der Waals surface area (Å²) in [7, 11) is 0. The lowest BCUT2D eigenvalue weighted by atomic mass is 10.3. The van der Waals surface area contributed by atoms with Gasteiger partial charge in [0.15, 0.2) is 0 Å². The second-order valence-corrected chi connectivity index (χ2v) is 3.91. The van der Waals surface area contributed by atoms with E-state index in [1.807, 2.05) is 0 Å². The van der Waals surface area contributed by atoms with Gasteiger partial charge in [-0.2, -0.15) is 0 Å². The molecule has 0 aliphatic heterocycles. The Bertz CT molecular complexity index is 338. The zero-order chi connectivity index (χ0) is 12.0. The third-order valence-electron chi connectivity index (χ3n) is 1.68. The van der Waals surface area contributed by atoms with E-state index in [0.29, 0.717) is 5.75 Å². The highest BCUT2D eigenvalue weighted by Crippen LogP contribution is 2.14. The van der Waals surface area contributed by atoms with Crippen LogP contribution in [-0.4, -0.2) is 15.3 Å². The van der Waals surface area contributed by atoms with E-state index in [0.717, 1.165) is 4.47 Å². The number of halogens is 1. The van der Waals surface area contributed by atoms with Crippen molar-refractivity contribution in [2.24, 2.45) is 0 Å². The molecule has 0 aliphatic carbocycles. The number of rotatable bonds is 0. The van der Waals surface area contributed by atoms with Gasteiger partial charge in [-0.25, -0.2) is 0 Å². The summed E-state index contributed by atoms with van der Waals surface area (Å²) in [6, 6.07) is 12.5. The monoisotopic (exact) mass is 282 g/mol. The summed E-state index contributed by atoms with van der Waals surface area (Å²) in [5, 5.41) is 26.0. The van der Waals surface area contributed by atoms with Crippen molar-refractivity contribution in [2.75, 3.05) is 0 Å². The molecule has 0 atom stereocenters. The highest BCUT2D eigenvalue weighted by atomic mass is 79.9. The van der Waals surface area contributed by atoms with Gasteiger partial charge in [-0.15, -0.1) is 0 Å². The molecule has 0 saturated heterocycles. The first-order chi connectivity index (χ1) is 7.58. The summed E-state index contributed by atoms with van der Waals surface area (Å²) >= 11 is 3.23. The molecule has 0 amide bonds. The average Bonchev–Trinajstić information content (AvgIpc) is 2.28. The number of hydrogen-bond acceptors (Lipinski definition) is 3. The maximum atomic E-state index is 8.74. The molecule has 2 aromatic rings. The molecule has 4 heteroatoms. The summed E-state index contributed by atoms with van der Waals surface area (Å²) in [6.07, 6.45) is 0. The van der Waals surface area contributed by atoms with Crippen LogP contribution >= 0.6 is 15.9 Å². The second-order valence-electron chi connectivity index (χ2n) is 2.99. The summed E-state index contributed by atoms with van der Waals surface area (Å²) < 4.78 is 0.982. The van der Waals surface area contributed by atoms with Crippen LogP contribution in [-0.2, 0) is 0 Å². The van der Waals surface area contributed by atoms with E-state index in [1.165, 1.54) is 24.3 Å². The Labute approximate surface area is 102 Å². The Hall–Kier alpha value is -1.68. The van der Waals surface area contributed by atoms with Crippen molar-refractivity contribution in [3.8, 4) is 17.2 Å². The largest absolute Gasteiger partial charge is 0.508 e. The fraction of sp³-hybridized carbons (Fsp3) is 0. The van der Waals surface area contributed by atoms with E-state index >= 15 is 0 Å². The molecule has 0 bridgehead atoms. The zero-order valence-electron chi connectivity index (χ0n) is 8.34. The van der Waals surface area contributed by atoms with Crippen LogP contribution in [0, 0.1) is 0 Å². The zero-order valence-corrected chi connectivity index (χ0v) is 9.92. The van der Waals surface area contributed by atoms with Crippen LogP contribution in [0.2, 0.25) is 0 Å². The molecule has 3 nitrogen and oxygen atoms in total. The summed E-state index contributed by atoms with van der Waals surface area (Å²) in [6.45, 7) is 0. The topological polar surface area (TPSA) is 60.7 Å². The van der Waals surface area contributed by atoms with Crippen molar-refractivity contribution in [3.63, 3.8) is 0 Å². The van der Waals surface area contributed by atoms with Gasteiger partial charge in [0.1, 0.15) is 17.2 Å². The van der Waals surface area contributed by atoms with Gasteiger partial charge in [-0.1, -0.05) is 15.9 Å². The Balaban J connectivity index is 0.000000160. The number of phenolic OH excluding ortho intramolecular Hbond substituents is 3. The predicted molar refractivity (Wildman–Crippen MR) is 65.6 cm³/mol. The molecule has 0 aliphatic rings. The molecule has 0 fully saturated rings. The van der Waals surface area contributed by atoms with E-state index in [4.69, 9.17) is 15.3 Å². The van der Waals surface area contributed by atoms with Crippen molar-refractivity contribution >= 4 is 15.9 Å². The van der Waals surface area contributed by atoms with Crippen molar-refractivity contribution in [1.29, 1.82) is 0 Å². The third kappa shape index (κ3) is 4.70. The first-order valence-electron chi connectivity index (χ1n) is 4.50. The molecule has 2 aromatic carbocycles. The van der Waals surface area contributed by atoms with E-state index in [2.05, 4.69) is 15.9 Å². The van der Waals surface area contributed by atoms with Crippen LogP contribution < -0.4 is 0 Å². The minimum absolute atomic E-state index is 0.169. The Morgan fingerprint density at radius 3 is 1.06 bits per heavy atom. The van der Waals surface area contributed by atoms with Gasteiger partial charge in [0, 0.05) is 4.47 Å². The Kier molecular flexibility index (Phi) is 4.66. The molecular formula is C12H11BrO3. The third-order valence-corrected chi connectivity index (χ3v) is 2.21. The lowest BCUT2D eigenvalue weighted by Crippen LogP contribution is -1.61. The van der Waals surface area contributed by atoms with Gasteiger partial charge < -0.3 is 15.3 Å². The van der Waals surface area contributed by atoms with Gasteiger partial charge in [-0.05, 0) is 48.5 Å². The first-order valence-corrected chi connectivity index (χ1v) is 5.30. The smallest absolute Gasteiger partial charge is 0.115 e. The van der Waals surface area contributed by atoms with Crippen LogP contribution in [0.4, 0.5) is 0 Å². The van der Waals surface area contributed by atoms with Crippen LogP contribution in [0.1, 0.15) is 0 Å². The SMILES string of the molecule is Oc1ccc(Br)cc1.Oc1ccc(O)cc1. The van der Waals surface area contributed by atoms with Crippen LogP contribution in [0.15, 0.2) is 53.0 Å². The fourth-order valence-corrected chi connectivity index (χ4v) is 1.16. The number of aromatic hydroxyl groups is 3. The highest BCUT2D eigenvalue weighted by molar-refractivity contribution is 9.10. The van der Waals surface area contributed by atoms with Crippen molar-refractivity contribution in [1.82, 2.24) is 0 Å². The van der Waals surface area contributed by atoms with Gasteiger partial charge in [0.05, 0.1) is 0 Å². The predicted octanol–water partition coefficient (Wildman–Crippen LogP) is 3.25. The fourth-order valence-electron chi connectivity index (χ4n) is 0.894. The standard InChI is InChI=1S/C6H5BrO.C6H6O2/c7-5-1-3-6(8)4-2-5;7-5-1-2-6(8)4-3-5/h1-4,8H;1-4,7-8H. The second kappa shape index (κ2) is 6.02.